The van der Waals surface area contributed by atoms with E-state index in [-0.39, 0.29) is 12.8 Å². The Kier molecular flexibility index (Phi) is 6.14. The highest BCUT2D eigenvalue weighted by molar-refractivity contribution is 5.56. The van der Waals surface area contributed by atoms with Gasteiger partial charge in [0.2, 0.25) is 5.75 Å². The number of ether oxygens (including phenoxy) is 3. The van der Waals surface area contributed by atoms with Gasteiger partial charge in [-0.25, -0.2) is 0 Å². The number of rotatable bonds is 7. The lowest BCUT2D eigenvalue weighted by Crippen LogP contribution is -2.14. The third-order valence-electron chi connectivity index (χ3n) is 3.11. The Labute approximate surface area is 122 Å². The fourth-order valence-electron chi connectivity index (χ4n) is 2.09. The molecule has 1 rings (SSSR count). The molecule has 1 unspecified atom stereocenters. The highest BCUT2D eigenvalue weighted by atomic mass is 19.4. The van der Waals surface area contributed by atoms with E-state index in [1.165, 1.54) is 21.3 Å². The van der Waals surface area contributed by atoms with Crippen molar-refractivity contribution in [1.29, 1.82) is 0 Å². The fourth-order valence-corrected chi connectivity index (χ4v) is 2.09. The van der Waals surface area contributed by atoms with E-state index in [0.717, 1.165) is 0 Å². The summed E-state index contributed by atoms with van der Waals surface area (Å²) in [7, 11) is 4.39. The topological polar surface area (TPSA) is 53.7 Å². The molecule has 0 heterocycles. The molecule has 0 spiro atoms. The van der Waals surface area contributed by atoms with Gasteiger partial charge in [0.05, 0.1) is 21.3 Å². The second kappa shape index (κ2) is 7.40. The second-order valence-electron chi connectivity index (χ2n) is 4.54. The lowest BCUT2D eigenvalue weighted by Gasteiger charge is -2.19. The van der Waals surface area contributed by atoms with Crippen LogP contribution >= 0.6 is 0 Å². The van der Waals surface area contributed by atoms with Crippen LogP contribution in [0.15, 0.2) is 12.1 Å². The Morgan fingerprint density at radius 1 is 1.05 bits per heavy atom. The van der Waals surface area contributed by atoms with Gasteiger partial charge >= 0.3 is 6.18 Å². The first-order valence-corrected chi connectivity index (χ1v) is 6.45. The number of nitrogens with two attached hydrogens (primary N) is 1. The van der Waals surface area contributed by atoms with E-state index in [2.05, 4.69) is 0 Å². The Balaban J connectivity index is 2.91. The van der Waals surface area contributed by atoms with Crippen LogP contribution in [0, 0.1) is 0 Å². The molecule has 120 valence electrons. The van der Waals surface area contributed by atoms with Crippen LogP contribution in [0.2, 0.25) is 0 Å². The van der Waals surface area contributed by atoms with Crippen molar-refractivity contribution in [2.75, 3.05) is 21.3 Å². The zero-order valence-corrected chi connectivity index (χ0v) is 12.3. The molecule has 1 aromatic carbocycles. The molecular formula is C14H20F3NO3. The summed E-state index contributed by atoms with van der Waals surface area (Å²) in [6, 6.07) is 2.76. The maximum Gasteiger partial charge on any atom is 0.389 e. The van der Waals surface area contributed by atoms with Crippen LogP contribution < -0.4 is 19.9 Å². The number of hydrogen-bond donors (Lipinski definition) is 1. The minimum absolute atomic E-state index is 0.0395. The predicted molar refractivity (Wildman–Crippen MR) is 72.9 cm³/mol. The quantitative estimate of drug-likeness (QED) is 0.838. The molecule has 0 amide bonds. The first kappa shape index (κ1) is 17.4. The largest absolute Gasteiger partial charge is 0.493 e. The Bertz CT molecular complexity index is 464. The van der Waals surface area contributed by atoms with Crippen LogP contribution in [0.1, 0.15) is 30.9 Å². The van der Waals surface area contributed by atoms with Crippen molar-refractivity contribution in [3.63, 3.8) is 0 Å². The summed E-state index contributed by atoms with van der Waals surface area (Å²) >= 11 is 0. The minimum Gasteiger partial charge on any atom is -0.493 e. The van der Waals surface area contributed by atoms with Crippen LogP contribution in [0.25, 0.3) is 0 Å². The molecule has 0 saturated carbocycles. The number of benzene rings is 1. The highest BCUT2D eigenvalue weighted by Gasteiger charge is 2.27. The van der Waals surface area contributed by atoms with Crippen LogP contribution in [-0.4, -0.2) is 27.5 Å². The van der Waals surface area contributed by atoms with Crippen molar-refractivity contribution in [3.8, 4) is 17.2 Å². The van der Waals surface area contributed by atoms with Crippen molar-refractivity contribution in [3.05, 3.63) is 17.7 Å². The molecule has 0 aliphatic rings. The molecule has 4 nitrogen and oxygen atoms in total. The smallest absolute Gasteiger partial charge is 0.389 e. The van der Waals surface area contributed by atoms with E-state index >= 15 is 0 Å². The second-order valence-corrected chi connectivity index (χ2v) is 4.54. The van der Waals surface area contributed by atoms with Crippen molar-refractivity contribution in [2.45, 2.75) is 31.5 Å². The van der Waals surface area contributed by atoms with Gasteiger partial charge < -0.3 is 19.9 Å². The van der Waals surface area contributed by atoms with E-state index in [1.54, 1.807) is 12.1 Å². The molecule has 0 aliphatic heterocycles. The van der Waals surface area contributed by atoms with E-state index in [9.17, 15) is 13.2 Å². The third kappa shape index (κ3) is 4.70. The van der Waals surface area contributed by atoms with Gasteiger partial charge in [-0.3, -0.25) is 0 Å². The van der Waals surface area contributed by atoms with Crippen molar-refractivity contribution < 1.29 is 27.4 Å². The maximum absolute atomic E-state index is 12.2. The lowest BCUT2D eigenvalue weighted by molar-refractivity contribution is -0.135. The summed E-state index contributed by atoms with van der Waals surface area (Å²) in [6.07, 6.45) is -4.86. The van der Waals surface area contributed by atoms with Crippen molar-refractivity contribution in [2.24, 2.45) is 5.73 Å². The molecule has 0 bridgehead atoms. The van der Waals surface area contributed by atoms with Gasteiger partial charge in [0.25, 0.3) is 0 Å². The summed E-state index contributed by atoms with van der Waals surface area (Å²) in [5.41, 5.74) is 6.57. The predicted octanol–water partition coefficient (Wildman–Crippen LogP) is 3.44. The summed E-state index contributed by atoms with van der Waals surface area (Å²) in [5.74, 6) is 1.24. The molecule has 0 fully saturated rings. The van der Waals surface area contributed by atoms with Crippen LogP contribution in [0.3, 0.4) is 0 Å². The molecule has 21 heavy (non-hydrogen) atoms. The summed E-state index contributed by atoms with van der Waals surface area (Å²) < 4.78 is 52.1. The number of alkyl halides is 3. The normalized spacial score (nSPS) is 12.9. The monoisotopic (exact) mass is 307 g/mol. The van der Waals surface area contributed by atoms with Crippen LogP contribution in [0.5, 0.6) is 17.2 Å². The Morgan fingerprint density at radius 3 is 2.14 bits per heavy atom. The number of methoxy groups -OCH3 is 3. The first-order chi connectivity index (χ1) is 9.84. The van der Waals surface area contributed by atoms with Crippen LogP contribution in [0.4, 0.5) is 13.2 Å². The van der Waals surface area contributed by atoms with Crippen LogP contribution in [-0.2, 0) is 0 Å². The molecule has 0 aromatic heterocycles. The number of hydrogen-bond acceptors (Lipinski definition) is 4. The summed E-state index contributed by atoms with van der Waals surface area (Å²) in [5, 5.41) is 0. The molecule has 1 atom stereocenters. The minimum atomic E-state index is -4.17. The van der Waals surface area contributed by atoms with E-state index in [4.69, 9.17) is 19.9 Å². The van der Waals surface area contributed by atoms with Gasteiger partial charge in [-0.15, -0.1) is 0 Å². The first-order valence-electron chi connectivity index (χ1n) is 6.45. The standard InChI is InChI=1S/C14H20F3NO3/c1-19-11-7-6-9(12(20-2)13(11)21-3)10(18)5-4-8-14(15,16)17/h6-7,10H,4-5,8,18H2,1-3H3. The number of halogens is 3. The fraction of sp³-hybridized carbons (Fsp3) is 0.571. The third-order valence-corrected chi connectivity index (χ3v) is 3.11. The van der Waals surface area contributed by atoms with Crippen molar-refractivity contribution >= 4 is 0 Å². The molecule has 7 heteroatoms. The molecule has 0 aliphatic carbocycles. The Hall–Kier alpha value is -1.63. The average Bonchev–Trinajstić information content (AvgIpc) is 2.43. The van der Waals surface area contributed by atoms with Gasteiger partial charge in [-0.05, 0) is 25.0 Å². The molecule has 2 N–H and O–H groups in total. The van der Waals surface area contributed by atoms with Gasteiger partial charge in [0, 0.05) is 18.0 Å². The molecule has 0 saturated heterocycles. The van der Waals surface area contributed by atoms with E-state index in [0.29, 0.717) is 22.8 Å². The summed E-state index contributed by atoms with van der Waals surface area (Å²) in [4.78, 5) is 0. The summed E-state index contributed by atoms with van der Waals surface area (Å²) in [6.45, 7) is 0. The van der Waals surface area contributed by atoms with E-state index < -0.39 is 18.6 Å². The van der Waals surface area contributed by atoms with Gasteiger partial charge in [0.15, 0.2) is 11.5 Å². The lowest BCUT2D eigenvalue weighted by atomic mass is 10.00. The van der Waals surface area contributed by atoms with Gasteiger partial charge in [-0.1, -0.05) is 0 Å². The zero-order chi connectivity index (χ0) is 16.0. The molecule has 1 aromatic rings. The van der Waals surface area contributed by atoms with Gasteiger partial charge in [0.1, 0.15) is 0 Å². The zero-order valence-electron chi connectivity index (χ0n) is 12.3. The highest BCUT2D eigenvalue weighted by Crippen LogP contribution is 2.42. The Morgan fingerprint density at radius 2 is 1.67 bits per heavy atom. The van der Waals surface area contributed by atoms with E-state index in [1.807, 2.05) is 0 Å². The van der Waals surface area contributed by atoms with Crippen molar-refractivity contribution in [1.82, 2.24) is 0 Å². The average molecular weight is 307 g/mol. The maximum atomic E-state index is 12.2. The SMILES string of the molecule is COc1ccc(C(N)CCCC(F)(F)F)c(OC)c1OC. The molecular weight excluding hydrogens is 287 g/mol. The molecule has 0 radical (unpaired) electrons. The van der Waals surface area contributed by atoms with Gasteiger partial charge in [-0.2, -0.15) is 13.2 Å².